The summed E-state index contributed by atoms with van der Waals surface area (Å²) in [7, 11) is 1.99. The van der Waals surface area contributed by atoms with E-state index in [2.05, 4.69) is 35.5 Å². The molecule has 1 aromatic carbocycles. The molecule has 1 nitrogen and oxygen atoms in total. The van der Waals surface area contributed by atoms with Crippen molar-refractivity contribution in [2.24, 2.45) is 0 Å². The monoisotopic (exact) mass is 217 g/mol. The first-order valence-corrected chi connectivity index (χ1v) is 6.18. The van der Waals surface area contributed by atoms with Crippen molar-refractivity contribution < 1.29 is 0 Å². The van der Waals surface area contributed by atoms with E-state index in [-0.39, 0.29) is 0 Å². The lowest BCUT2D eigenvalue weighted by molar-refractivity contribution is 0.502. The Morgan fingerprint density at radius 2 is 2.40 bits per heavy atom. The maximum Gasteiger partial charge on any atom is 0.0251 e. The van der Waals surface area contributed by atoms with Crippen LogP contribution in [0.4, 0.5) is 0 Å². The number of fused-ring (bicyclic) bond motifs is 1. The zero-order valence-electron chi connectivity index (χ0n) is 8.86. The number of terminal acetylenes is 1. The third-order valence-electron chi connectivity index (χ3n) is 2.93. The largest absolute Gasteiger partial charge is 0.315 e. The summed E-state index contributed by atoms with van der Waals surface area (Å²) < 4.78 is 0. The molecule has 1 aliphatic rings. The molecule has 2 rings (SSSR count). The summed E-state index contributed by atoms with van der Waals surface area (Å²) in [6.07, 6.45) is 6.20. The number of rotatable bonds is 3. The van der Waals surface area contributed by atoms with Crippen LogP contribution in [0.5, 0.6) is 0 Å². The molecule has 0 saturated carbocycles. The molecule has 2 heteroatoms. The number of nitrogens with one attached hydrogen (secondary N) is 1. The van der Waals surface area contributed by atoms with Crippen LogP contribution < -0.4 is 5.32 Å². The quantitative estimate of drug-likeness (QED) is 0.781. The predicted octanol–water partition coefficient (Wildman–Crippen LogP) is 2.49. The molecule has 0 spiro atoms. The normalized spacial score (nSPS) is 20.7. The van der Waals surface area contributed by atoms with E-state index < -0.39 is 0 Å². The fourth-order valence-electron chi connectivity index (χ4n) is 2.09. The molecular weight excluding hydrogens is 202 g/mol. The molecule has 15 heavy (non-hydrogen) atoms. The zero-order chi connectivity index (χ0) is 10.7. The fourth-order valence-corrected chi connectivity index (χ4v) is 3.42. The Kier molecular flexibility index (Phi) is 3.35. The maximum atomic E-state index is 5.40. The van der Waals surface area contributed by atoms with Crippen molar-refractivity contribution in [2.75, 3.05) is 12.8 Å². The predicted molar refractivity (Wildman–Crippen MR) is 66.2 cm³/mol. The van der Waals surface area contributed by atoms with E-state index in [9.17, 15) is 0 Å². The minimum Gasteiger partial charge on any atom is -0.315 e. The van der Waals surface area contributed by atoms with Gasteiger partial charge in [-0.3, -0.25) is 0 Å². The number of benzene rings is 1. The van der Waals surface area contributed by atoms with Gasteiger partial charge >= 0.3 is 0 Å². The van der Waals surface area contributed by atoms with Crippen molar-refractivity contribution in [1.82, 2.24) is 5.32 Å². The van der Waals surface area contributed by atoms with Crippen LogP contribution in [0.1, 0.15) is 17.9 Å². The summed E-state index contributed by atoms with van der Waals surface area (Å²) in [5.41, 5.74) is 1.46. The average Bonchev–Trinajstić information content (AvgIpc) is 2.70. The van der Waals surface area contributed by atoms with Crippen molar-refractivity contribution in [3.8, 4) is 12.3 Å². The first-order chi connectivity index (χ1) is 7.36. The van der Waals surface area contributed by atoms with E-state index in [1.807, 2.05) is 18.8 Å². The van der Waals surface area contributed by atoms with Gasteiger partial charge in [0.05, 0.1) is 0 Å². The molecular formula is C13H15NS. The second kappa shape index (κ2) is 4.74. The molecule has 78 valence electrons. The maximum absolute atomic E-state index is 5.40. The molecule has 0 radical (unpaired) electrons. The highest BCUT2D eigenvalue weighted by Crippen LogP contribution is 2.41. The standard InChI is InChI=1S/C13H15NS/c1-3-6-12(14-2)11-9-15-13-8-5-4-7-10(11)13/h1,4-5,7-8,11-12,14H,6,9H2,2H3. The van der Waals surface area contributed by atoms with Crippen LogP contribution in [0.15, 0.2) is 29.2 Å². The number of hydrogen-bond donors (Lipinski definition) is 1. The lowest BCUT2D eigenvalue weighted by Crippen LogP contribution is -2.31. The molecule has 1 aromatic rings. The highest BCUT2D eigenvalue weighted by atomic mass is 32.2. The number of thioether (sulfide) groups is 1. The number of hydrogen-bond acceptors (Lipinski definition) is 2. The molecule has 1 aliphatic heterocycles. The van der Waals surface area contributed by atoms with E-state index in [1.165, 1.54) is 10.5 Å². The summed E-state index contributed by atoms with van der Waals surface area (Å²) >= 11 is 1.94. The summed E-state index contributed by atoms with van der Waals surface area (Å²) in [6.45, 7) is 0. The SMILES string of the molecule is C#CCC(NC)C1CSc2ccccc21. The van der Waals surface area contributed by atoms with E-state index in [1.54, 1.807) is 0 Å². The van der Waals surface area contributed by atoms with Crippen molar-refractivity contribution in [2.45, 2.75) is 23.3 Å². The molecule has 0 amide bonds. The molecule has 0 fully saturated rings. The second-order valence-electron chi connectivity index (χ2n) is 3.76. The van der Waals surface area contributed by atoms with Gasteiger partial charge in [-0.05, 0) is 18.7 Å². The Balaban J connectivity index is 2.23. The zero-order valence-corrected chi connectivity index (χ0v) is 9.68. The molecule has 0 bridgehead atoms. The smallest absolute Gasteiger partial charge is 0.0251 e. The van der Waals surface area contributed by atoms with Gasteiger partial charge in [0.2, 0.25) is 0 Å². The van der Waals surface area contributed by atoms with Crippen molar-refractivity contribution in [3.05, 3.63) is 29.8 Å². The first-order valence-electron chi connectivity index (χ1n) is 5.19. The van der Waals surface area contributed by atoms with Crippen LogP contribution >= 0.6 is 11.8 Å². The minimum atomic E-state index is 0.408. The Bertz CT molecular complexity index is 380. The Morgan fingerprint density at radius 3 is 3.13 bits per heavy atom. The molecule has 1 N–H and O–H groups in total. The summed E-state index contributed by atoms with van der Waals surface area (Å²) in [4.78, 5) is 1.42. The minimum absolute atomic E-state index is 0.408. The van der Waals surface area contributed by atoms with Gasteiger partial charge < -0.3 is 5.32 Å². The summed E-state index contributed by atoms with van der Waals surface area (Å²) in [6, 6.07) is 9.04. The van der Waals surface area contributed by atoms with Crippen LogP contribution in [0.2, 0.25) is 0 Å². The Morgan fingerprint density at radius 1 is 1.60 bits per heavy atom. The topological polar surface area (TPSA) is 12.0 Å². The van der Waals surface area contributed by atoms with Crippen LogP contribution in [-0.2, 0) is 0 Å². The number of likely N-dealkylation sites (N-methyl/N-ethyl adjacent to an activating group) is 1. The first kappa shape index (κ1) is 10.6. The van der Waals surface area contributed by atoms with Gasteiger partial charge in [-0.15, -0.1) is 24.1 Å². The fraction of sp³-hybridized carbons (Fsp3) is 0.385. The highest BCUT2D eigenvalue weighted by Gasteiger charge is 2.28. The third-order valence-corrected chi connectivity index (χ3v) is 4.14. The average molecular weight is 217 g/mol. The van der Waals surface area contributed by atoms with Crippen molar-refractivity contribution in [3.63, 3.8) is 0 Å². The third kappa shape index (κ3) is 2.04. The van der Waals surface area contributed by atoms with Gasteiger partial charge in [-0.25, -0.2) is 0 Å². The molecule has 1 heterocycles. The van der Waals surface area contributed by atoms with Gasteiger partial charge in [-0.2, -0.15) is 0 Å². The molecule has 2 atom stereocenters. The summed E-state index contributed by atoms with van der Waals surface area (Å²) in [5, 5.41) is 3.33. The van der Waals surface area contributed by atoms with E-state index in [4.69, 9.17) is 6.42 Å². The Labute approximate surface area is 95.7 Å². The van der Waals surface area contributed by atoms with E-state index in [0.29, 0.717) is 12.0 Å². The molecule has 2 unspecified atom stereocenters. The van der Waals surface area contributed by atoms with Crippen LogP contribution in [0.3, 0.4) is 0 Å². The van der Waals surface area contributed by atoms with Gasteiger partial charge in [0.25, 0.3) is 0 Å². The van der Waals surface area contributed by atoms with Crippen LogP contribution in [0, 0.1) is 12.3 Å². The van der Waals surface area contributed by atoms with Gasteiger partial charge in [0.1, 0.15) is 0 Å². The van der Waals surface area contributed by atoms with Gasteiger partial charge in [-0.1, -0.05) is 18.2 Å². The van der Waals surface area contributed by atoms with Gasteiger partial charge in [0, 0.05) is 29.0 Å². The molecule has 0 aromatic heterocycles. The second-order valence-corrected chi connectivity index (χ2v) is 4.82. The van der Waals surface area contributed by atoms with E-state index in [0.717, 1.165) is 12.2 Å². The molecule has 0 aliphatic carbocycles. The van der Waals surface area contributed by atoms with Gasteiger partial charge in [0.15, 0.2) is 0 Å². The highest BCUT2D eigenvalue weighted by molar-refractivity contribution is 7.99. The Hall–Kier alpha value is -0.910. The van der Waals surface area contributed by atoms with Crippen LogP contribution in [0.25, 0.3) is 0 Å². The van der Waals surface area contributed by atoms with Crippen LogP contribution in [-0.4, -0.2) is 18.8 Å². The lowest BCUT2D eigenvalue weighted by Gasteiger charge is -2.21. The lowest BCUT2D eigenvalue weighted by atomic mass is 9.92. The molecule has 0 saturated heterocycles. The van der Waals surface area contributed by atoms with Crippen molar-refractivity contribution in [1.29, 1.82) is 0 Å². The van der Waals surface area contributed by atoms with Crippen molar-refractivity contribution >= 4 is 11.8 Å². The van der Waals surface area contributed by atoms with E-state index >= 15 is 0 Å². The summed E-state index contributed by atoms with van der Waals surface area (Å²) in [5.74, 6) is 4.46.